The molecule has 1 amide bonds. The largest absolute Gasteiger partial charge is 0.378 e. The molecule has 0 aliphatic carbocycles. The van der Waals surface area contributed by atoms with E-state index in [0.717, 1.165) is 0 Å². The van der Waals surface area contributed by atoms with Gasteiger partial charge in [-0.25, -0.2) is 0 Å². The summed E-state index contributed by atoms with van der Waals surface area (Å²) in [7, 11) is 0. The molecular weight excluding hydrogens is 298 g/mol. The van der Waals surface area contributed by atoms with Crippen molar-refractivity contribution in [3.8, 4) is 0 Å². The number of amides is 1. The Morgan fingerprint density at radius 1 is 1.52 bits per heavy atom. The molecule has 0 saturated heterocycles. The number of aromatic nitrogens is 2. The van der Waals surface area contributed by atoms with Crippen molar-refractivity contribution in [2.24, 2.45) is 5.73 Å². The number of nitrogens with one attached hydrogen (secondary N) is 1. The van der Waals surface area contributed by atoms with Crippen LogP contribution in [-0.2, 0) is 17.9 Å². The van der Waals surface area contributed by atoms with Gasteiger partial charge < -0.3 is 11.1 Å². The average Bonchev–Trinajstić information content (AvgIpc) is 2.84. The number of non-ortho nitro benzene ring substituents is 1. The van der Waals surface area contributed by atoms with E-state index in [4.69, 9.17) is 17.3 Å². The molecule has 0 fully saturated rings. The molecule has 2 rings (SSSR count). The zero-order valence-corrected chi connectivity index (χ0v) is 11.6. The number of benzene rings is 1. The zero-order valence-electron chi connectivity index (χ0n) is 10.8. The molecule has 3 N–H and O–H groups in total. The summed E-state index contributed by atoms with van der Waals surface area (Å²) in [5.41, 5.74) is 6.28. The van der Waals surface area contributed by atoms with Crippen molar-refractivity contribution in [3.05, 3.63) is 51.3 Å². The maximum atomic E-state index is 10.8. The van der Waals surface area contributed by atoms with Crippen LogP contribution < -0.4 is 11.1 Å². The molecule has 0 radical (unpaired) electrons. The van der Waals surface area contributed by atoms with Crippen molar-refractivity contribution >= 4 is 28.9 Å². The van der Waals surface area contributed by atoms with Gasteiger partial charge in [0.25, 0.3) is 5.69 Å². The fourth-order valence-corrected chi connectivity index (χ4v) is 1.89. The van der Waals surface area contributed by atoms with Crippen molar-refractivity contribution in [2.75, 3.05) is 5.32 Å². The molecule has 2 aromatic rings. The van der Waals surface area contributed by atoms with Crippen molar-refractivity contribution in [1.29, 1.82) is 0 Å². The van der Waals surface area contributed by atoms with Gasteiger partial charge in [-0.15, -0.1) is 0 Å². The quantitative estimate of drug-likeness (QED) is 0.620. The normalized spacial score (nSPS) is 10.3. The molecule has 1 aromatic carbocycles. The fourth-order valence-electron chi connectivity index (χ4n) is 1.71. The minimum absolute atomic E-state index is 0.0146. The minimum Gasteiger partial charge on any atom is -0.378 e. The average molecular weight is 310 g/mol. The van der Waals surface area contributed by atoms with Gasteiger partial charge in [0.1, 0.15) is 6.54 Å². The highest BCUT2D eigenvalue weighted by atomic mass is 35.5. The van der Waals surface area contributed by atoms with Crippen LogP contribution in [0.25, 0.3) is 0 Å². The fraction of sp³-hybridized carbons (Fsp3) is 0.167. The van der Waals surface area contributed by atoms with Crippen LogP contribution in [0.15, 0.2) is 30.6 Å². The molecule has 1 aromatic heterocycles. The van der Waals surface area contributed by atoms with E-state index in [-0.39, 0.29) is 12.2 Å². The summed E-state index contributed by atoms with van der Waals surface area (Å²) in [5.74, 6) is -0.494. The highest BCUT2D eigenvalue weighted by Crippen LogP contribution is 2.22. The number of nitro groups is 1. The number of primary amides is 1. The topological polar surface area (TPSA) is 116 Å². The van der Waals surface area contributed by atoms with Crippen molar-refractivity contribution in [3.63, 3.8) is 0 Å². The lowest BCUT2D eigenvalue weighted by atomic mass is 10.2. The molecule has 0 saturated carbocycles. The van der Waals surface area contributed by atoms with Gasteiger partial charge in [-0.1, -0.05) is 11.6 Å². The van der Waals surface area contributed by atoms with Gasteiger partial charge in [-0.2, -0.15) is 5.10 Å². The highest BCUT2D eigenvalue weighted by molar-refractivity contribution is 6.31. The molecule has 0 atom stereocenters. The van der Waals surface area contributed by atoms with Gasteiger partial charge in [0.15, 0.2) is 0 Å². The van der Waals surface area contributed by atoms with Gasteiger partial charge in [-0.05, 0) is 11.6 Å². The molecule has 9 heteroatoms. The first kappa shape index (κ1) is 14.8. The Kier molecular flexibility index (Phi) is 4.39. The Bertz CT molecular complexity index is 685. The van der Waals surface area contributed by atoms with Crippen molar-refractivity contribution in [1.82, 2.24) is 9.78 Å². The summed E-state index contributed by atoms with van der Waals surface area (Å²) in [6.07, 6.45) is 3.13. The van der Waals surface area contributed by atoms with Crippen LogP contribution in [0.1, 0.15) is 5.56 Å². The van der Waals surface area contributed by atoms with E-state index in [1.807, 2.05) is 0 Å². The lowest BCUT2D eigenvalue weighted by Crippen LogP contribution is -2.18. The van der Waals surface area contributed by atoms with E-state index < -0.39 is 10.8 Å². The summed E-state index contributed by atoms with van der Waals surface area (Å²) < 4.78 is 1.39. The summed E-state index contributed by atoms with van der Waals surface area (Å²) in [5, 5.41) is 18.1. The molecule has 0 aliphatic heterocycles. The first-order valence-electron chi connectivity index (χ1n) is 5.93. The highest BCUT2D eigenvalue weighted by Gasteiger charge is 2.10. The van der Waals surface area contributed by atoms with Crippen LogP contribution in [0.4, 0.5) is 11.4 Å². The Morgan fingerprint density at radius 2 is 2.29 bits per heavy atom. The number of halogens is 1. The Hall–Kier alpha value is -2.61. The Morgan fingerprint density at radius 3 is 2.95 bits per heavy atom. The van der Waals surface area contributed by atoms with Gasteiger partial charge in [0, 0.05) is 29.9 Å². The van der Waals surface area contributed by atoms with Crippen LogP contribution in [-0.4, -0.2) is 20.6 Å². The van der Waals surface area contributed by atoms with Crippen LogP contribution in [0.5, 0.6) is 0 Å². The predicted octanol–water partition coefficient (Wildman–Crippen LogP) is 1.54. The number of hydrogen-bond acceptors (Lipinski definition) is 5. The third-order valence-corrected chi connectivity index (χ3v) is 3.04. The molecule has 110 valence electrons. The van der Waals surface area contributed by atoms with Crippen LogP contribution >= 0.6 is 11.6 Å². The van der Waals surface area contributed by atoms with E-state index >= 15 is 0 Å². The number of carbonyl (C=O) groups is 1. The van der Waals surface area contributed by atoms with Crippen LogP contribution in [0.3, 0.4) is 0 Å². The molecule has 21 heavy (non-hydrogen) atoms. The third kappa shape index (κ3) is 3.93. The van der Waals surface area contributed by atoms with Gasteiger partial charge in [0.2, 0.25) is 5.91 Å². The van der Waals surface area contributed by atoms with Crippen LogP contribution in [0.2, 0.25) is 5.02 Å². The molecule has 0 unspecified atom stereocenters. The number of rotatable bonds is 6. The summed E-state index contributed by atoms with van der Waals surface area (Å²) in [6, 6.07) is 4.23. The maximum absolute atomic E-state index is 10.8. The second-order valence-electron chi connectivity index (χ2n) is 4.28. The third-order valence-electron chi connectivity index (χ3n) is 2.67. The van der Waals surface area contributed by atoms with Crippen molar-refractivity contribution < 1.29 is 9.72 Å². The molecule has 8 nitrogen and oxygen atoms in total. The number of hydrogen-bond donors (Lipinski definition) is 2. The summed E-state index contributed by atoms with van der Waals surface area (Å²) >= 11 is 6.00. The van der Waals surface area contributed by atoms with E-state index in [0.29, 0.717) is 22.8 Å². The Balaban J connectivity index is 2.05. The number of nitrogens with zero attached hydrogens (tertiary/aromatic N) is 3. The molecule has 1 heterocycles. The minimum atomic E-state index is -0.494. The van der Waals surface area contributed by atoms with E-state index in [9.17, 15) is 14.9 Å². The van der Waals surface area contributed by atoms with Gasteiger partial charge >= 0.3 is 0 Å². The smallest absolute Gasteiger partial charge is 0.269 e. The number of nitro benzene ring substituents is 1. The standard InChI is InChI=1S/C12H12ClN5O3/c13-11-2-1-10(18(20)21)3-8(11)4-15-9-5-16-17(6-9)7-12(14)19/h1-3,5-6,15H,4,7H2,(H2,14,19). The number of anilines is 1. The van der Waals surface area contributed by atoms with Gasteiger partial charge in [-0.3, -0.25) is 19.6 Å². The van der Waals surface area contributed by atoms with Crippen LogP contribution in [0, 0.1) is 10.1 Å². The zero-order chi connectivity index (χ0) is 15.4. The van der Waals surface area contributed by atoms with E-state index in [1.54, 1.807) is 6.20 Å². The second-order valence-corrected chi connectivity index (χ2v) is 4.69. The lowest BCUT2D eigenvalue weighted by molar-refractivity contribution is -0.384. The van der Waals surface area contributed by atoms with Gasteiger partial charge in [0.05, 0.1) is 16.8 Å². The first-order valence-corrected chi connectivity index (χ1v) is 6.31. The van der Waals surface area contributed by atoms with E-state index in [2.05, 4.69) is 10.4 Å². The lowest BCUT2D eigenvalue weighted by Gasteiger charge is -2.05. The monoisotopic (exact) mass is 309 g/mol. The predicted molar refractivity (Wildman–Crippen MR) is 76.9 cm³/mol. The molecular formula is C12H12ClN5O3. The number of carbonyl (C=O) groups excluding carboxylic acids is 1. The SMILES string of the molecule is NC(=O)Cn1cc(NCc2cc([N+](=O)[O-])ccc2Cl)cn1. The second kappa shape index (κ2) is 6.23. The molecule has 0 spiro atoms. The van der Waals surface area contributed by atoms with Crippen molar-refractivity contribution in [2.45, 2.75) is 13.1 Å². The number of nitrogens with two attached hydrogens (primary N) is 1. The molecule has 0 aliphatic rings. The Labute approximate surface area is 124 Å². The maximum Gasteiger partial charge on any atom is 0.269 e. The first-order chi connectivity index (χ1) is 9.95. The summed E-state index contributed by atoms with van der Waals surface area (Å²) in [6.45, 7) is 0.280. The molecule has 0 bridgehead atoms. The van der Waals surface area contributed by atoms with E-state index in [1.165, 1.54) is 29.1 Å². The summed E-state index contributed by atoms with van der Waals surface area (Å²) in [4.78, 5) is 21.0.